The molecule has 0 radical (unpaired) electrons. The fraction of sp³-hybridized carbons (Fsp3) is 0.361. The summed E-state index contributed by atoms with van der Waals surface area (Å²) in [6.07, 6.45) is -1.04. The van der Waals surface area contributed by atoms with Gasteiger partial charge in [-0.1, -0.05) is 91.0 Å². The predicted octanol–water partition coefficient (Wildman–Crippen LogP) is 4.88. The molecule has 0 aromatic heterocycles. The molecule has 5 rings (SSSR count). The summed E-state index contributed by atoms with van der Waals surface area (Å²) >= 11 is 3.30. The number of cyclic esters (lactones) is 1. The zero-order valence-electron chi connectivity index (χ0n) is 25.8. The fourth-order valence-electron chi connectivity index (χ4n) is 5.63. The second kappa shape index (κ2) is 16.4. The number of ether oxygens (including phenoxy) is 4. The number of carbonyl (C=O) groups is 3. The SMILES string of the molecule is O=C1C=C(Br)C(O)(CCCOCC(CO)OCc2ccccc2)OC1C(Cc1ccccc1)C(=O)N1C(=O)OCC1c1ccccc1. The quantitative estimate of drug-likeness (QED) is 0.212. The molecule has 3 aromatic rings. The Hall–Kier alpha value is -3.71. The minimum atomic E-state index is -1.93. The van der Waals surface area contributed by atoms with Gasteiger partial charge in [-0.2, -0.15) is 0 Å². The number of imide groups is 1. The zero-order valence-corrected chi connectivity index (χ0v) is 27.4. The highest BCUT2D eigenvalue weighted by Crippen LogP contribution is 2.39. The van der Waals surface area contributed by atoms with Crippen molar-refractivity contribution in [2.24, 2.45) is 5.92 Å². The summed E-state index contributed by atoms with van der Waals surface area (Å²) < 4.78 is 23.0. The number of aliphatic hydroxyl groups is 2. The molecule has 5 atom stereocenters. The van der Waals surface area contributed by atoms with Crippen molar-refractivity contribution >= 4 is 33.7 Å². The van der Waals surface area contributed by atoms with Crippen molar-refractivity contribution in [2.45, 2.75) is 49.9 Å². The smallest absolute Gasteiger partial charge is 0.417 e. The Morgan fingerprint density at radius 3 is 2.28 bits per heavy atom. The van der Waals surface area contributed by atoms with Crippen LogP contribution in [0.4, 0.5) is 4.79 Å². The summed E-state index contributed by atoms with van der Waals surface area (Å²) in [5.41, 5.74) is 2.45. The maximum Gasteiger partial charge on any atom is 0.417 e. The molecule has 47 heavy (non-hydrogen) atoms. The van der Waals surface area contributed by atoms with E-state index < -0.39 is 47.7 Å². The van der Waals surface area contributed by atoms with Crippen molar-refractivity contribution in [3.63, 3.8) is 0 Å². The number of amides is 2. The van der Waals surface area contributed by atoms with Crippen molar-refractivity contribution in [3.8, 4) is 0 Å². The number of ketones is 1. The molecule has 2 aliphatic rings. The molecule has 2 heterocycles. The van der Waals surface area contributed by atoms with E-state index in [2.05, 4.69) is 15.9 Å². The molecule has 1 saturated heterocycles. The topological polar surface area (TPSA) is 132 Å². The van der Waals surface area contributed by atoms with E-state index in [1.54, 1.807) is 12.1 Å². The number of rotatable bonds is 15. The summed E-state index contributed by atoms with van der Waals surface area (Å²) in [6, 6.07) is 27.1. The maximum atomic E-state index is 14.2. The van der Waals surface area contributed by atoms with E-state index in [9.17, 15) is 24.6 Å². The highest BCUT2D eigenvalue weighted by Gasteiger charge is 2.50. The van der Waals surface area contributed by atoms with Crippen LogP contribution in [0.15, 0.2) is 102 Å². The van der Waals surface area contributed by atoms with E-state index in [0.29, 0.717) is 18.6 Å². The number of benzene rings is 3. The van der Waals surface area contributed by atoms with Crippen molar-refractivity contribution in [1.82, 2.24) is 4.90 Å². The van der Waals surface area contributed by atoms with Gasteiger partial charge in [0, 0.05) is 13.0 Å². The molecule has 0 bridgehead atoms. The Morgan fingerprint density at radius 2 is 1.62 bits per heavy atom. The van der Waals surface area contributed by atoms with Gasteiger partial charge in [0.15, 0.2) is 11.6 Å². The van der Waals surface area contributed by atoms with Crippen LogP contribution >= 0.6 is 15.9 Å². The lowest BCUT2D eigenvalue weighted by Crippen LogP contribution is -2.52. The Kier molecular flexibility index (Phi) is 12.1. The zero-order chi connectivity index (χ0) is 33.2. The second-order valence-corrected chi connectivity index (χ2v) is 12.4. The summed E-state index contributed by atoms with van der Waals surface area (Å²) in [5, 5.41) is 21.3. The molecule has 0 aliphatic carbocycles. The van der Waals surface area contributed by atoms with Crippen molar-refractivity contribution in [1.29, 1.82) is 0 Å². The first kappa shape index (κ1) is 34.6. The molecule has 5 unspecified atom stereocenters. The second-order valence-electron chi connectivity index (χ2n) is 11.5. The van der Waals surface area contributed by atoms with Crippen LogP contribution in [-0.4, -0.2) is 77.3 Å². The lowest BCUT2D eigenvalue weighted by atomic mass is 9.87. The largest absolute Gasteiger partial charge is 0.446 e. The molecule has 0 saturated carbocycles. The Labute approximate surface area is 282 Å². The van der Waals surface area contributed by atoms with Gasteiger partial charge >= 0.3 is 6.09 Å². The van der Waals surface area contributed by atoms with Gasteiger partial charge in [-0.25, -0.2) is 9.69 Å². The number of halogens is 1. The van der Waals surface area contributed by atoms with E-state index in [4.69, 9.17) is 18.9 Å². The Morgan fingerprint density at radius 1 is 0.979 bits per heavy atom. The van der Waals surface area contributed by atoms with Gasteiger partial charge in [0.2, 0.25) is 5.91 Å². The minimum absolute atomic E-state index is 0.0179. The molecule has 2 aliphatic heterocycles. The minimum Gasteiger partial charge on any atom is -0.446 e. The van der Waals surface area contributed by atoms with Crippen molar-refractivity contribution < 1.29 is 43.5 Å². The molecular weight excluding hydrogens is 670 g/mol. The van der Waals surface area contributed by atoms with Gasteiger partial charge in [0.25, 0.3) is 0 Å². The molecular formula is C36H38BrNO9. The third-order valence-corrected chi connectivity index (χ3v) is 9.01. The lowest BCUT2D eigenvalue weighted by Gasteiger charge is -2.38. The van der Waals surface area contributed by atoms with E-state index in [0.717, 1.165) is 16.0 Å². The Bertz CT molecular complexity index is 1520. The first-order valence-electron chi connectivity index (χ1n) is 15.5. The monoisotopic (exact) mass is 707 g/mol. The molecule has 3 aromatic carbocycles. The van der Waals surface area contributed by atoms with Crippen LogP contribution in [0.25, 0.3) is 0 Å². The third-order valence-electron chi connectivity index (χ3n) is 8.16. The number of hydrogen-bond donors (Lipinski definition) is 2. The molecule has 1 fully saturated rings. The van der Waals surface area contributed by atoms with Crippen LogP contribution in [0.5, 0.6) is 0 Å². The van der Waals surface area contributed by atoms with Crippen LogP contribution in [0.2, 0.25) is 0 Å². The number of aliphatic hydroxyl groups excluding tert-OH is 1. The van der Waals surface area contributed by atoms with Crippen molar-refractivity contribution in [2.75, 3.05) is 26.4 Å². The molecule has 10 nitrogen and oxygen atoms in total. The summed E-state index contributed by atoms with van der Waals surface area (Å²) in [5.74, 6) is -4.22. The van der Waals surface area contributed by atoms with Crippen molar-refractivity contribution in [3.05, 3.63) is 118 Å². The van der Waals surface area contributed by atoms with Crippen LogP contribution in [-0.2, 0) is 41.6 Å². The van der Waals surface area contributed by atoms with E-state index in [1.807, 2.05) is 78.9 Å². The van der Waals surface area contributed by atoms with E-state index in [-0.39, 0.29) is 43.8 Å². The first-order chi connectivity index (χ1) is 22.8. The van der Waals surface area contributed by atoms with Crippen LogP contribution < -0.4 is 0 Å². The van der Waals surface area contributed by atoms with Crippen LogP contribution in [0.1, 0.15) is 35.6 Å². The molecule has 2 N–H and O–H groups in total. The van der Waals surface area contributed by atoms with E-state index in [1.165, 1.54) is 6.08 Å². The molecule has 11 heteroatoms. The summed E-state index contributed by atoms with van der Waals surface area (Å²) in [4.78, 5) is 41.7. The predicted molar refractivity (Wildman–Crippen MR) is 175 cm³/mol. The highest BCUT2D eigenvalue weighted by atomic mass is 79.9. The van der Waals surface area contributed by atoms with Gasteiger partial charge in [-0.3, -0.25) is 9.59 Å². The summed E-state index contributed by atoms with van der Waals surface area (Å²) in [7, 11) is 0. The van der Waals surface area contributed by atoms with Crippen LogP contribution in [0, 0.1) is 5.92 Å². The lowest BCUT2D eigenvalue weighted by molar-refractivity contribution is -0.219. The highest BCUT2D eigenvalue weighted by molar-refractivity contribution is 9.11. The first-order valence-corrected chi connectivity index (χ1v) is 16.3. The Balaban J connectivity index is 1.26. The molecule has 0 spiro atoms. The molecule has 2 amide bonds. The maximum absolute atomic E-state index is 14.2. The molecule has 248 valence electrons. The van der Waals surface area contributed by atoms with Gasteiger partial charge in [0.1, 0.15) is 24.9 Å². The fourth-order valence-corrected chi connectivity index (χ4v) is 6.15. The van der Waals surface area contributed by atoms with Crippen LogP contribution in [0.3, 0.4) is 0 Å². The number of carbonyl (C=O) groups excluding carboxylic acids is 3. The number of nitrogens with zero attached hydrogens (tertiary/aromatic N) is 1. The van der Waals surface area contributed by atoms with Gasteiger partial charge in [-0.15, -0.1) is 0 Å². The average molecular weight is 709 g/mol. The third kappa shape index (κ3) is 8.81. The number of hydrogen-bond acceptors (Lipinski definition) is 9. The van der Waals surface area contributed by atoms with E-state index >= 15 is 0 Å². The van der Waals surface area contributed by atoms with Gasteiger partial charge < -0.3 is 29.2 Å². The normalized spacial score (nSPS) is 22.4. The standard InChI is InChI=1S/C36H38BrNO9/c37-32-20-31(40)33(47-36(32,43)17-10-18-44-23-28(21-39)45-22-26-13-6-2-7-14-26)29(19-25-11-4-1-5-12-25)34(41)38-30(24-46-35(38)42)27-15-8-3-9-16-27/h1-9,11-16,20,28-30,33,39,43H,10,17-19,21-24H2. The van der Waals surface area contributed by atoms with Gasteiger partial charge in [-0.05, 0) is 51.5 Å². The summed E-state index contributed by atoms with van der Waals surface area (Å²) in [6.45, 7) is 0.449. The van der Waals surface area contributed by atoms with Gasteiger partial charge in [0.05, 0.1) is 30.2 Å². The average Bonchev–Trinajstić information content (AvgIpc) is 3.49.